The van der Waals surface area contributed by atoms with Gasteiger partial charge in [-0.1, -0.05) is 27.7 Å². The summed E-state index contributed by atoms with van der Waals surface area (Å²) >= 11 is 0. The normalized spacial score (nSPS) is 24.6. The second kappa shape index (κ2) is 11.7. The molecule has 29 heavy (non-hydrogen) atoms. The predicted octanol–water partition coefficient (Wildman–Crippen LogP) is 1.82. The Labute approximate surface area is 168 Å². The van der Waals surface area contributed by atoms with Crippen LogP contribution in [0.25, 0.3) is 0 Å². The lowest BCUT2D eigenvalue weighted by Crippen LogP contribution is -2.42. The van der Waals surface area contributed by atoms with E-state index in [0.717, 1.165) is 0 Å². The van der Waals surface area contributed by atoms with Crippen LogP contribution < -0.4 is 0 Å². The lowest BCUT2D eigenvalue weighted by molar-refractivity contribution is -0.157. The van der Waals surface area contributed by atoms with Crippen LogP contribution >= 0.6 is 7.82 Å². The minimum Gasteiger partial charge on any atom is -0.434 e. The van der Waals surface area contributed by atoms with Gasteiger partial charge in [0.2, 0.25) is 0 Å². The number of carbonyl (C=O) groups excluding carboxylic acids is 2. The van der Waals surface area contributed by atoms with Crippen molar-refractivity contribution < 1.29 is 56.9 Å². The van der Waals surface area contributed by atoms with Gasteiger partial charge in [-0.3, -0.25) is 4.52 Å². The summed E-state index contributed by atoms with van der Waals surface area (Å²) in [5, 5.41) is 0. The van der Waals surface area contributed by atoms with Crippen molar-refractivity contribution in [3.63, 3.8) is 0 Å². The van der Waals surface area contributed by atoms with Gasteiger partial charge in [-0.2, -0.15) is 0 Å². The monoisotopic (exact) mass is 444 g/mol. The van der Waals surface area contributed by atoms with E-state index in [2.05, 4.69) is 4.52 Å². The zero-order valence-corrected chi connectivity index (χ0v) is 17.9. The molecule has 2 N–H and O–H groups in total. The second-order valence-electron chi connectivity index (χ2n) is 7.14. The minimum absolute atomic E-state index is 0.0425. The molecule has 12 nitrogen and oxygen atoms in total. The van der Waals surface area contributed by atoms with Gasteiger partial charge in [0, 0.05) is 7.11 Å². The summed E-state index contributed by atoms with van der Waals surface area (Å²) in [7, 11) is -3.58. The Balaban J connectivity index is 2.90. The third kappa shape index (κ3) is 9.75. The lowest BCUT2D eigenvalue weighted by Gasteiger charge is -2.23. The maximum atomic E-state index is 12.0. The fraction of sp³-hybridized carbons (Fsp3) is 0.875. The molecule has 1 aliphatic rings. The number of methoxy groups -OCH3 is 1. The highest BCUT2D eigenvalue weighted by atomic mass is 31.2. The van der Waals surface area contributed by atoms with Gasteiger partial charge in [-0.15, -0.1) is 0 Å². The van der Waals surface area contributed by atoms with E-state index in [1.807, 2.05) is 27.7 Å². The van der Waals surface area contributed by atoms with Crippen LogP contribution in [0.15, 0.2) is 0 Å². The SMILES string of the molecule is COC1O[C@H](COP(=O)(O)O)[C@@H](OC(=O)OCC(C)C)[C@H]1OC(=O)OCC(C)C. The first-order chi connectivity index (χ1) is 13.4. The fourth-order valence-corrected chi connectivity index (χ4v) is 2.55. The Morgan fingerprint density at radius 3 is 1.86 bits per heavy atom. The van der Waals surface area contributed by atoms with Crippen LogP contribution in [0, 0.1) is 11.8 Å². The molecule has 1 rings (SSSR count). The minimum atomic E-state index is -4.83. The number of rotatable bonds is 10. The summed E-state index contributed by atoms with van der Waals surface area (Å²) in [6.07, 6.45) is -7.13. The summed E-state index contributed by atoms with van der Waals surface area (Å²) in [5.74, 6) is 0.101. The quantitative estimate of drug-likeness (QED) is 0.373. The third-order valence-corrected chi connectivity index (χ3v) is 3.93. The van der Waals surface area contributed by atoms with Gasteiger partial charge >= 0.3 is 20.1 Å². The summed E-state index contributed by atoms with van der Waals surface area (Å²) in [6.45, 7) is 6.81. The number of carbonyl (C=O) groups is 2. The van der Waals surface area contributed by atoms with Crippen LogP contribution in [0.3, 0.4) is 0 Å². The van der Waals surface area contributed by atoms with Crippen molar-refractivity contribution in [2.45, 2.75) is 52.3 Å². The molecule has 1 unspecified atom stereocenters. The molecule has 1 aliphatic heterocycles. The van der Waals surface area contributed by atoms with Crippen LogP contribution in [-0.2, 0) is 37.5 Å². The Kier molecular flexibility index (Phi) is 10.3. The predicted molar refractivity (Wildman–Crippen MR) is 95.8 cm³/mol. The van der Waals surface area contributed by atoms with Crippen molar-refractivity contribution in [2.75, 3.05) is 26.9 Å². The number of ether oxygens (including phenoxy) is 6. The highest BCUT2D eigenvalue weighted by Crippen LogP contribution is 2.38. The standard InChI is InChI=1S/C16H29O12P/c1-9(2)6-23-15(17)27-12-11(8-25-29(19,20)21)26-14(22-5)13(12)28-16(18)24-7-10(3)4/h9-14H,6-8H2,1-5H3,(H2,19,20,21)/t11-,12-,13-,14?/m1/s1. The van der Waals surface area contributed by atoms with Crippen molar-refractivity contribution in [3.8, 4) is 0 Å². The molecule has 4 atom stereocenters. The van der Waals surface area contributed by atoms with Crippen LogP contribution in [-0.4, -0.2) is 73.6 Å². The first kappa shape index (κ1) is 25.6. The van der Waals surface area contributed by atoms with Gasteiger partial charge in [-0.05, 0) is 11.8 Å². The number of hydrogen-bond acceptors (Lipinski definition) is 10. The van der Waals surface area contributed by atoms with Crippen molar-refractivity contribution in [3.05, 3.63) is 0 Å². The van der Waals surface area contributed by atoms with Gasteiger partial charge in [0.25, 0.3) is 0 Å². The zero-order chi connectivity index (χ0) is 22.2. The molecule has 170 valence electrons. The molecular formula is C16H29O12P. The number of phosphoric acid groups is 1. The molecule has 0 aromatic carbocycles. The summed E-state index contributed by atoms with van der Waals surface area (Å²) in [4.78, 5) is 41.8. The van der Waals surface area contributed by atoms with Gasteiger partial charge in [0.05, 0.1) is 19.8 Å². The molecule has 1 saturated heterocycles. The molecule has 0 amide bonds. The van der Waals surface area contributed by atoms with E-state index < -0.39 is 51.3 Å². The Morgan fingerprint density at radius 1 is 0.966 bits per heavy atom. The highest BCUT2D eigenvalue weighted by molar-refractivity contribution is 7.46. The van der Waals surface area contributed by atoms with E-state index in [4.69, 9.17) is 38.2 Å². The van der Waals surface area contributed by atoms with Crippen molar-refractivity contribution in [1.82, 2.24) is 0 Å². The fourth-order valence-electron chi connectivity index (χ4n) is 2.21. The molecule has 0 aromatic heterocycles. The van der Waals surface area contributed by atoms with Crippen LogP contribution in [0.4, 0.5) is 9.59 Å². The maximum absolute atomic E-state index is 12.0. The van der Waals surface area contributed by atoms with E-state index >= 15 is 0 Å². The van der Waals surface area contributed by atoms with Gasteiger partial charge < -0.3 is 38.2 Å². The molecular weight excluding hydrogens is 415 g/mol. The second-order valence-corrected chi connectivity index (χ2v) is 8.38. The molecule has 13 heteroatoms. The van der Waals surface area contributed by atoms with Crippen molar-refractivity contribution in [1.29, 1.82) is 0 Å². The van der Waals surface area contributed by atoms with E-state index in [1.54, 1.807) is 0 Å². The zero-order valence-electron chi connectivity index (χ0n) is 17.0. The molecule has 0 bridgehead atoms. The van der Waals surface area contributed by atoms with E-state index in [1.165, 1.54) is 7.11 Å². The summed E-state index contributed by atoms with van der Waals surface area (Å²) in [5.41, 5.74) is 0. The third-order valence-electron chi connectivity index (χ3n) is 3.44. The number of hydrogen-bond donors (Lipinski definition) is 2. The Bertz CT molecular complexity index is 574. The average Bonchev–Trinajstić information content (AvgIpc) is 2.92. The number of phosphoric ester groups is 1. The topological polar surface area (TPSA) is 156 Å². The smallest absolute Gasteiger partial charge is 0.434 e. The van der Waals surface area contributed by atoms with Crippen LogP contribution in [0.1, 0.15) is 27.7 Å². The first-order valence-electron chi connectivity index (χ1n) is 8.98. The van der Waals surface area contributed by atoms with Gasteiger partial charge in [-0.25, -0.2) is 14.2 Å². The molecule has 0 radical (unpaired) electrons. The average molecular weight is 444 g/mol. The molecule has 0 aromatic rings. The molecule has 1 heterocycles. The largest absolute Gasteiger partial charge is 0.508 e. The first-order valence-corrected chi connectivity index (χ1v) is 10.5. The lowest BCUT2D eigenvalue weighted by atomic mass is 10.1. The van der Waals surface area contributed by atoms with Crippen molar-refractivity contribution in [2.24, 2.45) is 11.8 Å². The summed E-state index contributed by atoms with van der Waals surface area (Å²) in [6, 6.07) is 0. The van der Waals surface area contributed by atoms with E-state index in [-0.39, 0.29) is 25.0 Å². The van der Waals surface area contributed by atoms with Crippen LogP contribution in [0.2, 0.25) is 0 Å². The molecule has 0 spiro atoms. The van der Waals surface area contributed by atoms with Crippen LogP contribution in [0.5, 0.6) is 0 Å². The molecule has 1 fully saturated rings. The van der Waals surface area contributed by atoms with E-state index in [0.29, 0.717) is 0 Å². The molecule has 0 saturated carbocycles. The Hall–Kier alpha value is -1.43. The van der Waals surface area contributed by atoms with Crippen molar-refractivity contribution >= 4 is 20.1 Å². The van der Waals surface area contributed by atoms with Gasteiger partial charge in [0.15, 0.2) is 18.5 Å². The highest BCUT2D eigenvalue weighted by Gasteiger charge is 2.51. The molecule has 0 aliphatic carbocycles. The maximum Gasteiger partial charge on any atom is 0.508 e. The van der Waals surface area contributed by atoms with Gasteiger partial charge in [0.1, 0.15) is 6.10 Å². The summed E-state index contributed by atoms with van der Waals surface area (Å²) < 4.78 is 46.2. The Morgan fingerprint density at radius 2 is 1.45 bits per heavy atom. The van der Waals surface area contributed by atoms with E-state index in [9.17, 15) is 14.2 Å².